The van der Waals surface area contributed by atoms with Crippen LogP contribution in [0.25, 0.3) is 4.85 Å². The van der Waals surface area contributed by atoms with Gasteiger partial charge in [-0.05, 0) is 42.8 Å². The first-order valence-corrected chi connectivity index (χ1v) is 8.84. The van der Waals surface area contributed by atoms with Gasteiger partial charge in [-0.3, -0.25) is 4.79 Å². The van der Waals surface area contributed by atoms with Gasteiger partial charge in [0.1, 0.15) is 18.4 Å². The van der Waals surface area contributed by atoms with E-state index in [0.29, 0.717) is 11.0 Å². The second kappa shape index (κ2) is 9.24. The molecule has 2 aromatic rings. The molecule has 1 unspecified atom stereocenters. The van der Waals surface area contributed by atoms with E-state index in [2.05, 4.69) is 10.2 Å². The molecule has 0 fully saturated rings. The molecule has 1 atom stereocenters. The molecule has 2 aromatic carbocycles. The predicted octanol–water partition coefficient (Wildman–Crippen LogP) is 6.18. The third-order valence-electron chi connectivity index (χ3n) is 4.26. The molecule has 0 radical (unpaired) electrons. The molecule has 1 amide bonds. The summed E-state index contributed by atoms with van der Waals surface area (Å²) in [6, 6.07) is 5.08. The van der Waals surface area contributed by atoms with Crippen LogP contribution in [0, 0.1) is 12.4 Å². The van der Waals surface area contributed by atoms with Gasteiger partial charge in [0.25, 0.3) is 0 Å². The molecule has 0 aliphatic rings. The molecule has 0 bridgehead atoms. The summed E-state index contributed by atoms with van der Waals surface area (Å²) in [6.07, 6.45) is -9.98. The first-order valence-electron chi connectivity index (χ1n) is 8.84. The fraction of sp³-hybridized carbons (Fsp3) is 0.300. The maximum Gasteiger partial charge on any atom is 0.407 e. The number of alkyl halides is 6. The largest absolute Gasteiger partial charge is 0.407 e. The Morgan fingerprint density at radius 2 is 1.71 bits per heavy atom. The van der Waals surface area contributed by atoms with Gasteiger partial charge in [0.15, 0.2) is 5.69 Å². The van der Waals surface area contributed by atoms with Crippen LogP contribution in [0.5, 0.6) is 0 Å². The molecule has 0 saturated carbocycles. The van der Waals surface area contributed by atoms with E-state index in [1.54, 1.807) is 0 Å². The van der Waals surface area contributed by atoms with Crippen LogP contribution in [-0.4, -0.2) is 24.7 Å². The first kappa shape index (κ1) is 24.0. The maximum atomic E-state index is 13.3. The highest BCUT2D eigenvalue weighted by Crippen LogP contribution is 2.39. The first-order chi connectivity index (χ1) is 14.4. The van der Waals surface area contributed by atoms with Crippen molar-refractivity contribution < 1.29 is 35.5 Å². The van der Waals surface area contributed by atoms with Gasteiger partial charge in [0.2, 0.25) is 5.91 Å². The van der Waals surface area contributed by atoms with E-state index in [0.717, 1.165) is 24.3 Å². The lowest BCUT2D eigenvalue weighted by Crippen LogP contribution is -2.48. The van der Waals surface area contributed by atoms with Crippen molar-refractivity contribution >= 4 is 23.0 Å². The normalized spacial score (nSPS) is 12.7. The van der Waals surface area contributed by atoms with Crippen LogP contribution in [0.2, 0.25) is 0 Å². The lowest BCUT2D eigenvalue weighted by molar-refractivity contribution is -0.136. The molecule has 4 nitrogen and oxygen atoms in total. The molecule has 11 heteroatoms. The minimum Gasteiger partial charge on any atom is -0.350 e. The average molecular weight is 447 g/mol. The van der Waals surface area contributed by atoms with Crippen LogP contribution in [0.4, 0.5) is 47.8 Å². The molecule has 0 saturated heterocycles. The van der Waals surface area contributed by atoms with Crippen molar-refractivity contribution in [1.29, 1.82) is 0 Å². The van der Waals surface area contributed by atoms with Crippen molar-refractivity contribution in [2.75, 3.05) is 16.8 Å². The van der Waals surface area contributed by atoms with Gasteiger partial charge in [-0.15, -0.1) is 0 Å². The molecule has 0 spiro atoms. The Bertz CT molecular complexity index is 963. The summed E-state index contributed by atoms with van der Waals surface area (Å²) < 4.78 is 92.5. The third-order valence-corrected chi connectivity index (χ3v) is 4.26. The number of amides is 1. The number of nitrogens with zero attached hydrogens (tertiary/aromatic N) is 2. The number of nitrogens with one attached hydrogen (secondary N) is 1. The molecular formula is C20H16F7N3O. The van der Waals surface area contributed by atoms with E-state index in [1.165, 1.54) is 19.1 Å². The minimum absolute atomic E-state index is 0.108. The van der Waals surface area contributed by atoms with Crippen molar-refractivity contribution in [1.82, 2.24) is 0 Å². The Balaban J connectivity index is 2.48. The Morgan fingerprint density at radius 1 is 1.10 bits per heavy atom. The topological polar surface area (TPSA) is 36.7 Å². The van der Waals surface area contributed by atoms with E-state index in [1.807, 2.05) is 0 Å². The van der Waals surface area contributed by atoms with Crippen molar-refractivity contribution in [3.05, 3.63) is 65.3 Å². The van der Waals surface area contributed by atoms with Crippen LogP contribution >= 0.6 is 0 Å². The van der Waals surface area contributed by atoms with Crippen molar-refractivity contribution in [2.45, 2.75) is 31.7 Å². The standard InChI is InChI=1S/C20H16F7N3O/c1-3-17(18(31)29-13-6-4-12(21)5-7-13)30(11-19(22,23)24)14-8-9-16(28-2)15(10-14)20(25,26)27/h4-10,17H,3,11H2,1H3,(H,29,31). The number of rotatable bonds is 6. The lowest BCUT2D eigenvalue weighted by Gasteiger charge is -2.33. The van der Waals surface area contributed by atoms with Gasteiger partial charge in [0, 0.05) is 11.4 Å². The Hall–Kier alpha value is -3.29. The van der Waals surface area contributed by atoms with Gasteiger partial charge in [0.05, 0.1) is 12.1 Å². The van der Waals surface area contributed by atoms with Gasteiger partial charge in [-0.2, -0.15) is 26.3 Å². The van der Waals surface area contributed by atoms with Crippen LogP contribution in [0.1, 0.15) is 18.9 Å². The summed E-state index contributed by atoms with van der Waals surface area (Å²) in [6.45, 7) is 6.56. The van der Waals surface area contributed by atoms with Crippen LogP contribution in [0.3, 0.4) is 0 Å². The number of halogens is 7. The van der Waals surface area contributed by atoms with E-state index in [4.69, 9.17) is 6.57 Å². The number of carbonyl (C=O) groups is 1. The number of hydrogen-bond acceptors (Lipinski definition) is 2. The monoisotopic (exact) mass is 447 g/mol. The van der Waals surface area contributed by atoms with Crippen molar-refractivity contribution in [3.8, 4) is 0 Å². The van der Waals surface area contributed by atoms with E-state index >= 15 is 0 Å². The SMILES string of the molecule is [C-]#[N+]c1ccc(N(CC(F)(F)F)C(CC)C(=O)Nc2ccc(F)cc2)cc1C(F)(F)F. The fourth-order valence-corrected chi connectivity index (χ4v) is 2.91. The fourth-order valence-electron chi connectivity index (χ4n) is 2.91. The number of benzene rings is 2. The van der Waals surface area contributed by atoms with E-state index < -0.39 is 53.6 Å². The zero-order valence-electron chi connectivity index (χ0n) is 16.0. The molecule has 166 valence electrons. The molecule has 1 N–H and O–H groups in total. The molecular weight excluding hydrogens is 431 g/mol. The van der Waals surface area contributed by atoms with E-state index in [-0.39, 0.29) is 12.1 Å². The summed E-state index contributed by atoms with van der Waals surface area (Å²) in [5, 5.41) is 2.34. The van der Waals surface area contributed by atoms with Crippen LogP contribution in [-0.2, 0) is 11.0 Å². The summed E-state index contributed by atoms with van der Waals surface area (Å²) in [5.74, 6) is -1.51. The highest BCUT2D eigenvalue weighted by molar-refractivity contribution is 5.97. The quantitative estimate of drug-likeness (QED) is 0.424. The van der Waals surface area contributed by atoms with Crippen LogP contribution in [0.15, 0.2) is 42.5 Å². The zero-order valence-corrected chi connectivity index (χ0v) is 16.0. The smallest absolute Gasteiger partial charge is 0.350 e. The number of anilines is 2. The number of hydrogen-bond donors (Lipinski definition) is 1. The Morgan fingerprint density at radius 3 is 2.19 bits per heavy atom. The predicted molar refractivity (Wildman–Crippen MR) is 100 cm³/mol. The van der Waals surface area contributed by atoms with E-state index in [9.17, 15) is 35.5 Å². The molecule has 0 heterocycles. The molecule has 2 rings (SSSR count). The van der Waals surface area contributed by atoms with Crippen LogP contribution < -0.4 is 10.2 Å². The highest BCUT2D eigenvalue weighted by atomic mass is 19.4. The van der Waals surface area contributed by atoms with Gasteiger partial charge >= 0.3 is 12.4 Å². The van der Waals surface area contributed by atoms with Gasteiger partial charge in [-0.1, -0.05) is 13.0 Å². The summed E-state index contributed by atoms with van der Waals surface area (Å²) in [7, 11) is 0. The molecule has 0 aliphatic heterocycles. The molecule has 31 heavy (non-hydrogen) atoms. The molecule has 0 aromatic heterocycles. The third kappa shape index (κ3) is 6.34. The second-order valence-corrected chi connectivity index (χ2v) is 6.47. The lowest BCUT2D eigenvalue weighted by atomic mass is 10.1. The van der Waals surface area contributed by atoms with Crippen molar-refractivity contribution in [3.63, 3.8) is 0 Å². The summed E-state index contributed by atoms with van der Waals surface area (Å²) in [5.41, 5.74) is -2.58. The summed E-state index contributed by atoms with van der Waals surface area (Å²) in [4.78, 5) is 15.9. The summed E-state index contributed by atoms with van der Waals surface area (Å²) >= 11 is 0. The Kier molecular flexibility index (Phi) is 7.15. The minimum atomic E-state index is -4.97. The molecule has 0 aliphatic carbocycles. The highest BCUT2D eigenvalue weighted by Gasteiger charge is 2.38. The second-order valence-electron chi connectivity index (χ2n) is 6.47. The number of carbonyl (C=O) groups excluding carboxylic acids is 1. The zero-order chi connectivity index (χ0) is 23.4. The Labute approximate surface area is 173 Å². The maximum absolute atomic E-state index is 13.3. The van der Waals surface area contributed by atoms with Crippen molar-refractivity contribution in [2.24, 2.45) is 0 Å². The average Bonchev–Trinajstić information content (AvgIpc) is 2.67. The van der Waals surface area contributed by atoms with Gasteiger partial charge < -0.3 is 10.2 Å². The van der Waals surface area contributed by atoms with Gasteiger partial charge in [-0.25, -0.2) is 9.24 Å².